The molecule has 0 bridgehead atoms. The quantitative estimate of drug-likeness (QED) is 0.451. The molecule has 0 spiro atoms. The first-order valence-corrected chi connectivity index (χ1v) is 11.7. The van der Waals surface area contributed by atoms with Crippen molar-refractivity contribution < 1.29 is 12.8 Å². The Labute approximate surface area is 180 Å². The minimum absolute atomic E-state index is 0.0207. The zero-order chi connectivity index (χ0) is 22.0. The second-order valence-corrected chi connectivity index (χ2v) is 10.8. The summed E-state index contributed by atoms with van der Waals surface area (Å²) in [5.74, 6) is -0.901. The number of nitrogens with two attached hydrogens (primary N) is 2. The molecule has 29 heavy (non-hydrogen) atoms. The van der Waals surface area contributed by atoms with E-state index in [0.29, 0.717) is 18.7 Å². The highest BCUT2D eigenvalue weighted by molar-refractivity contribution is 7.93. The molecular weight excluding hydrogens is 437 g/mol. The maximum absolute atomic E-state index is 14.6. The lowest BCUT2D eigenvalue weighted by molar-refractivity contribution is 0.336. The molecule has 162 valence electrons. The molecule has 11 heteroatoms. The van der Waals surface area contributed by atoms with Crippen LogP contribution in [0.2, 0.25) is 5.02 Å². The van der Waals surface area contributed by atoms with Gasteiger partial charge in [0.05, 0.1) is 16.4 Å². The van der Waals surface area contributed by atoms with Crippen molar-refractivity contribution in [2.24, 2.45) is 17.4 Å². The molecule has 0 aliphatic heterocycles. The van der Waals surface area contributed by atoms with Crippen molar-refractivity contribution in [3.05, 3.63) is 34.0 Å². The third-order valence-corrected chi connectivity index (χ3v) is 6.91. The number of hydrogen-bond acceptors (Lipinski definition) is 7. The van der Waals surface area contributed by atoms with Crippen molar-refractivity contribution in [2.45, 2.75) is 50.6 Å². The van der Waals surface area contributed by atoms with Gasteiger partial charge in [-0.1, -0.05) is 11.6 Å². The van der Waals surface area contributed by atoms with Crippen LogP contribution in [0.15, 0.2) is 22.4 Å². The number of benzene rings is 1. The third-order valence-electron chi connectivity index (χ3n) is 4.24. The number of thiazole rings is 1. The fourth-order valence-electron chi connectivity index (χ4n) is 2.80. The highest BCUT2D eigenvalue weighted by atomic mass is 35.5. The molecule has 6 N–H and O–H groups in total. The van der Waals surface area contributed by atoms with Crippen LogP contribution >= 0.6 is 22.9 Å². The first kappa shape index (κ1) is 23.8. The van der Waals surface area contributed by atoms with Crippen molar-refractivity contribution in [1.82, 2.24) is 4.98 Å². The normalized spacial score (nSPS) is 14.5. The van der Waals surface area contributed by atoms with E-state index in [1.165, 1.54) is 0 Å². The smallest absolute Gasteiger partial charge is 0.266 e. The highest BCUT2D eigenvalue weighted by Gasteiger charge is 2.25. The second kappa shape index (κ2) is 9.13. The van der Waals surface area contributed by atoms with Gasteiger partial charge in [0.25, 0.3) is 10.0 Å². The summed E-state index contributed by atoms with van der Waals surface area (Å²) in [7, 11) is -4.16. The van der Waals surface area contributed by atoms with E-state index in [-0.39, 0.29) is 27.8 Å². The van der Waals surface area contributed by atoms with Crippen molar-refractivity contribution in [3.63, 3.8) is 0 Å². The van der Waals surface area contributed by atoms with Gasteiger partial charge in [-0.15, -0.1) is 11.3 Å². The Morgan fingerprint density at radius 1 is 1.38 bits per heavy atom. The minimum atomic E-state index is -4.16. The first-order valence-electron chi connectivity index (χ1n) is 9.01. The first-order chi connectivity index (χ1) is 13.3. The molecule has 0 radical (unpaired) electrons. The average molecular weight is 464 g/mol. The lowest BCUT2D eigenvalue weighted by Crippen LogP contribution is -2.42. The predicted octanol–water partition coefficient (Wildman–Crippen LogP) is 3.55. The SMILES string of the molecule is Cc1csc(NS(=O)(=O)c2cc(Cl)c(NC[C@H](CC(C)(C)N)[C@@H](C)N)cc2F)n1. The molecule has 0 saturated heterocycles. The molecule has 2 atom stereocenters. The molecule has 0 fully saturated rings. The molecule has 0 aliphatic rings. The number of nitrogens with one attached hydrogen (secondary N) is 2. The van der Waals surface area contributed by atoms with Crippen molar-refractivity contribution in [2.75, 3.05) is 16.6 Å². The van der Waals surface area contributed by atoms with E-state index in [4.69, 9.17) is 23.1 Å². The van der Waals surface area contributed by atoms with Crippen LogP contribution in [-0.2, 0) is 10.0 Å². The zero-order valence-electron chi connectivity index (χ0n) is 16.8. The number of rotatable bonds is 9. The molecule has 2 rings (SSSR count). The fourth-order valence-corrected chi connectivity index (χ4v) is 5.12. The topological polar surface area (TPSA) is 123 Å². The number of hydrogen-bond donors (Lipinski definition) is 4. The molecule has 0 aliphatic carbocycles. The lowest BCUT2D eigenvalue weighted by atomic mass is 9.87. The van der Waals surface area contributed by atoms with E-state index in [0.717, 1.165) is 23.5 Å². The minimum Gasteiger partial charge on any atom is -0.383 e. The third kappa shape index (κ3) is 6.78. The zero-order valence-corrected chi connectivity index (χ0v) is 19.2. The van der Waals surface area contributed by atoms with Crippen LogP contribution < -0.4 is 21.5 Å². The Bertz CT molecular complexity index is 958. The van der Waals surface area contributed by atoms with E-state index in [1.807, 2.05) is 20.8 Å². The van der Waals surface area contributed by atoms with Crippen LogP contribution in [0.25, 0.3) is 0 Å². The average Bonchev–Trinajstić information content (AvgIpc) is 2.96. The summed E-state index contributed by atoms with van der Waals surface area (Å²) in [6, 6.07) is 2.01. The number of halogens is 2. The molecule has 1 heterocycles. The molecule has 0 unspecified atom stereocenters. The summed E-state index contributed by atoms with van der Waals surface area (Å²) in [5.41, 5.74) is 12.7. The Kier molecular flexibility index (Phi) is 7.50. The predicted molar refractivity (Wildman–Crippen MR) is 118 cm³/mol. The molecule has 0 saturated carbocycles. The van der Waals surface area contributed by atoms with E-state index < -0.39 is 26.3 Å². The van der Waals surface area contributed by atoms with Crippen LogP contribution in [0.4, 0.5) is 15.2 Å². The maximum Gasteiger partial charge on any atom is 0.266 e. The van der Waals surface area contributed by atoms with Crippen LogP contribution in [0.1, 0.15) is 32.9 Å². The number of anilines is 2. The Balaban J connectivity index is 2.20. The molecule has 2 aromatic rings. The Morgan fingerprint density at radius 2 is 2.03 bits per heavy atom. The summed E-state index contributed by atoms with van der Waals surface area (Å²) in [6.07, 6.45) is 0.654. The summed E-state index contributed by atoms with van der Waals surface area (Å²) in [6.45, 7) is 7.84. The van der Waals surface area contributed by atoms with E-state index in [1.54, 1.807) is 12.3 Å². The van der Waals surface area contributed by atoms with Crippen LogP contribution in [0.3, 0.4) is 0 Å². The van der Waals surface area contributed by atoms with Crippen molar-refractivity contribution >= 4 is 43.8 Å². The summed E-state index contributed by atoms with van der Waals surface area (Å²) in [5, 5.41) is 4.98. The van der Waals surface area contributed by atoms with Gasteiger partial charge in [-0.2, -0.15) is 0 Å². The lowest BCUT2D eigenvalue weighted by Gasteiger charge is -2.29. The number of nitrogens with zero attached hydrogens (tertiary/aromatic N) is 1. The van der Waals surface area contributed by atoms with Gasteiger partial charge in [0.2, 0.25) is 0 Å². The number of aryl methyl sites for hydroxylation is 1. The fraction of sp³-hybridized carbons (Fsp3) is 0.500. The van der Waals surface area contributed by atoms with Crippen LogP contribution in [0.5, 0.6) is 0 Å². The number of aromatic nitrogens is 1. The van der Waals surface area contributed by atoms with Gasteiger partial charge in [-0.05, 0) is 52.2 Å². The maximum atomic E-state index is 14.6. The Morgan fingerprint density at radius 3 is 2.55 bits per heavy atom. The molecule has 7 nitrogen and oxygen atoms in total. The Hall–Kier alpha value is -1.46. The standard InChI is InChI=1S/C18H27ClFN5O2S2/c1-10-9-28-17(24-10)25-29(26,27)16-5-13(19)15(6-14(16)20)23-8-12(11(2)21)7-18(3,4)22/h5-6,9,11-12,23H,7-8,21-22H2,1-4H3,(H,24,25)/t11-,12+/m1/s1. The largest absolute Gasteiger partial charge is 0.383 e. The molecule has 0 amide bonds. The van der Waals surface area contributed by atoms with Gasteiger partial charge in [-0.25, -0.2) is 17.8 Å². The highest BCUT2D eigenvalue weighted by Crippen LogP contribution is 2.30. The summed E-state index contributed by atoms with van der Waals surface area (Å²) < 4.78 is 41.9. The van der Waals surface area contributed by atoms with Crippen LogP contribution in [0, 0.1) is 18.7 Å². The molecular formula is C18H27ClFN5O2S2. The summed E-state index contributed by atoms with van der Waals surface area (Å²) in [4.78, 5) is 3.48. The van der Waals surface area contributed by atoms with Gasteiger partial charge in [0.15, 0.2) is 5.13 Å². The van der Waals surface area contributed by atoms with E-state index >= 15 is 0 Å². The number of sulfonamides is 1. The van der Waals surface area contributed by atoms with Crippen LogP contribution in [-0.4, -0.2) is 31.5 Å². The van der Waals surface area contributed by atoms with Gasteiger partial charge in [0.1, 0.15) is 10.7 Å². The summed E-state index contributed by atoms with van der Waals surface area (Å²) >= 11 is 7.33. The monoisotopic (exact) mass is 463 g/mol. The van der Waals surface area contributed by atoms with E-state index in [2.05, 4.69) is 15.0 Å². The van der Waals surface area contributed by atoms with Gasteiger partial charge in [-0.3, -0.25) is 4.72 Å². The van der Waals surface area contributed by atoms with Crippen molar-refractivity contribution in [3.8, 4) is 0 Å². The molecule has 1 aromatic carbocycles. The van der Waals surface area contributed by atoms with Gasteiger partial charge in [0, 0.05) is 23.5 Å². The van der Waals surface area contributed by atoms with Gasteiger partial charge >= 0.3 is 0 Å². The van der Waals surface area contributed by atoms with Gasteiger partial charge < -0.3 is 16.8 Å². The van der Waals surface area contributed by atoms with E-state index in [9.17, 15) is 12.8 Å². The van der Waals surface area contributed by atoms with Crippen molar-refractivity contribution in [1.29, 1.82) is 0 Å². The molecule has 1 aromatic heterocycles. The second-order valence-electron chi connectivity index (χ2n) is 7.85.